The van der Waals surface area contributed by atoms with E-state index in [4.69, 9.17) is 4.74 Å². The number of hydrogen-bond donors (Lipinski definition) is 2. The van der Waals surface area contributed by atoms with Crippen LogP contribution in [0.25, 0.3) is 0 Å². The highest BCUT2D eigenvalue weighted by Crippen LogP contribution is 2.32. The fourth-order valence-corrected chi connectivity index (χ4v) is 4.88. The van der Waals surface area contributed by atoms with E-state index in [2.05, 4.69) is 10.0 Å². The molecule has 2 heterocycles. The van der Waals surface area contributed by atoms with Gasteiger partial charge in [0.1, 0.15) is 28.7 Å². The maximum Gasteiger partial charge on any atom is 0.331 e. The second-order valence-corrected chi connectivity index (χ2v) is 11.6. The average Bonchev–Trinajstić information content (AvgIpc) is 2.76. The van der Waals surface area contributed by atoms with Gasteiger partial charge in [0.15, 0.2) is 0 Å². The number of nitrogens with one attached hydrogen (secondary N) is 2. The van der Waals surface area contributed by atoms with E-state index in [0.29, 0.717) is 31.6 Å². The molecule has 0 radical (unpaired) electrons. The van der Waals surface area contributed by atoms with Crippen molar-refractivity contribution in [1.29, 1.82) is 0 Å². The molecule has 0 bridgehead atoms. The number of alkyl halides is 1. The zero-order valence-electron chi connectivity index (χ0n) is 19.7. The monoisotopic (exact) mass is 499 g/mol. The molecular formula is C23H31F2N3O5S. The van der Waals surface area contributed by atoms with E-state index in [-0.39, 0.29) is 5.56 Å². The average molecular weight is 500 g/mol. The first kappa shape index (κ1) is 26.5. The molecule has 2 unspecified atom stereocenters. The zero-order valence-corrected chi connectivity index (χ0v) is 20.5. The van der Waals surface area contributed by atoms with Gasteiger partial charge in [-0.05, 0) is 46.6 Å². The predicted octanol–water partition coefficient (Wildman–Crippen LogP) is 2.83. The summed E-state index contributed by atoms with van der Waals surface area (Å²) in [4.78, 5) is 39.0. The Morgan fingerprint density at radius 3 is 2.53 bits per heavy atom. The summed E-state index contributed by atoms with van der Waals surface area (Å²) in [7, 11) is 0. The molecule has 2 fully saturated rings. The lowest BCUT2D eigenvalue weighted by molar-refractivity contribution is -0.146. The van der Waals surface area contributed by atoms with E-state index in [1.165, 1.54) is 18.2 Å². The topological polar surface area (TPSA) is 111 Å². The Balaban J connectivity index is 1.87. The Morgan fingerprint density at radius 1 is 1.26 bits per heavy atom. The molecule has 0 aliphatic carbocycles. The molecule has 0 saturated carbocycles. The maximum absolute atomic E-state index is 15.8. The van der Waals surface area contributed by atoms with Crippen LogP contribution in [0.3, 0.4) is 0 Å². The molecule has 8 nitrogen and oxygen atoms in total. The summed E-state index contributed by atoms with van der Waals surface area (Å²) in [6, 6.07) is 1.50. The Bertz CT molecular complexity index is 936. The Kier molecular flexibility index (Phi) is 8.33. The van der Waals surface area contributed by atoms with Crippen LogP contribution in [0, 0.1) is 18.7 Å². The lowest BCUT2D eigenvalue weighted by Gasteiger charge is -2.38. The van der Waals surface area contributed by atoms with Crippen LogP contribution in [0.5, 0.6) is 0 Å². The van der Waals surface area contributed by atoms with Crippen molar-refractivity contribution in [2.45, 2.75) is 70.0 Å². The van der Waals surface area contributed by atoms with E-state index in [1.807, 2.05) is 0 Å². The molecule has 4 amide bonds. The van der Waals surface area contributed by atoms with Gasteiger partial charge in [0.25, 0.3) is 0 Å². The number of amides is 4. The lowest BCUT2D eigenvalue weighted by atomic mass is 9.90. The van der Waals surface area contributed by atoms with Crippen molar-refractivity contribution in [2.75, 3.05) is 13.2 Å². The first-order chi connectivity index (χ1) is 15.9. The van der Waals surface area contributed by atoms with Crippen LogP contribution in [0.4, 0.5) is 13.6 Å². The van der Waals surface area contributed by atoms with Gasteiger partial charge in [-0.25, -0.2) is 13.6 Å². The van der Waals surface area contributed by atoms with Crippen LogP contribution in [-0.2, 0) is 25.7 Å². The molecule has 11 heteroatoms. The first-order valence-electron chi connectivity index (χ1n) is 11.2. The highest BCUT2D eigenvalue weighted by molar-refractivity contribution is 7.90. The Morgan fingerprint density at radius 2 is 1.91 bits per heavy atom. The van der Waals surface area contributed by atoms with Crippen LogP contribution < -0.4 is 10.0 Å². The molecule has 0 aromatic heterocycles. The van der Waals surface area contributed by atoms with Crippen LogP contribution in [0.15, 0.2) is 18.2 Å². The van der Waals surface area contributed by atoms with Gasteiger partial charge in [0.05, 0.1) is 0 Å². The Labute approximate surface area is 201 Å². The Hall–Kier alpha value is -2.08. The summed E-state index contributed by atoms with van der Waals surface area (Å²) in [5.41, 5.74) is 0.617. The second kappa shape index (κ2) is 10.7. The summed E-state index contributed by atoms with van der Waals surface area (Å²) in [5, 5.41) is 2.14. The molecule has 2 aliphatic rings. The van der Waals surface area contributed by atoms with Crippen molar-refractivity contribution in [3.63, 3.8) is 0 Å². The quantitative estimate of drug-likeness (QED) is 0.441. The standard InChI is InChI=1S/C23H31F2N3O5S/c1-13-5-6-17(24)15(11-13)19(27-34(32)23(2,3)4)18(25)12-16-20(29)26-22(31)28(21(16)30)14-7-9-33-10-8-14/h5-6,11,14,16,18-19,27H,7-10,12H2,1-4H3,(H,26,29,31)/t16?,18-,19?,34+/m1/s1. The van der Waals surface area contributed by atoms with Crippen molar-refractivity contribution in [3.8, 4) is 0 Å². The number of halogens is 2. The van der Waals surface area contributed by atoms with Gasteiger partial charge in [-0.2, -0.15) is 0 Å². The minimum atomic E-state index is -1.95. The molecule has 4 atom stereocenters. The maximum atomic E-state index is 15.8. The SMILES string of the molecule is Cc1ccc(F)c(C(N[S@@+]([O-])C(C)(C)C)[C@H](F)CC2C(=O)NC(=O)N(C3CCOCC3)C2=O)c1. The summed E-state index contributed by atoms with van der Waals surface area (Å²) in [5.74, 6) is -3.86. The zero-order chi connectivity index (χ0) is 25.2. The van der Waals surface area contributed by atoms with E-state index in [1.54, 1.807) is 27.7 Å². The highest BCUT2D eigenvalue weighted by Gasteiger charge is 2.46. The van der Waals surface area contributed by atoms with E-state index in [9.17, 15) is 23.3 Å². The number of carbonyl (C=O) groups is 3. The van der Waals surface area contributed by atoms with Crippen LogP contribution in [0.1, 0.15) is 57.2 Å². The van der Waals surface area contributed by atoms with E-state index < -0.39 is 70.4 Å². The minimum Gasteiger partial charge on any atom is -0.598 e. The van der Waals surface area contributed by atoms with Crippen LogP contribution in [-0.4, -0.2) is 57.5 Å². The number of ether oxygens (including phenoxy) is 1. The first-order valence-corrected chi connectivity index (χ1v) is 12.4. The van der Waals surface area contributed by atoms with Gasteiger partial charge >= 0.3 is 6.03 Å². The van der Waals surface area contributed by atoms with E-state index >= 15 is 4.39 Å². The van der Waals surface area contributed by atoms with Crippen molar-refractivity contribution >= 4 is 29.2 Å². The number of aryl methyl sites for hydroxylation is 1. The van der Waals surface area contributed by atoms with Crippen molar-refractivity contribution in [3.05, 3.63) is 35.1 Å². The third kappa shape index (κ3) is 5.94. The van der Waals surface area contributed by atoms with Crippen molar-refractivity contribution in [2.24, 2.45) is 5.92 Å². The summed E-state index contributed by atoms with van der Waals surface area (Å²) in [6.45, 7) is 7.49. The highest BCUT2D eigenvalue weighted by atomic mass is 32.2. The van der Waals surface area contributed by atoms with Crippen LogP contribution >= 0.6 is 0 Å². The molecular weight excluding hydrogens is 468 g/mol. The van der Waals surface area contributed by atoms with Gasteiger partial charge in [-0.1, -0.05) is 17.7 Å². The van der Waals surface area contributed by atoms with Crippen molar-refractivity contribution < 1.29 is 32.5 Å². The summed E-state index contributed by atoms with van der Waals surface area (Å²) in [6.07, 6.45) is -1.72. The number of nitrogens with zero attached hydrogens (tertiary/aromatic N) is 1. The number of imide groups is 2. The number of benzene rings is 1. The third-order valence-corrected chi connectivity index (χ3v) is 7.54. The molecule has 0 spiro atoms. The van der Waals surface area contributed by atoms with Gasteiger partial charge in [-0.15, -0.1) is 4.72 Å². The molecule has 2 N–H and O–H groups in total. The van der Waals surface area contributed by atoms with Gasteiger partial charge in [0.2, 0.25) is 11.8 Å². The number of rotatable bonds is 7. The largest absolute Gasteiger partial charge is 0.598 e. The minimum absolute atomic E-state index is 0.0499. The normalized spacial score (nSPS) is 23.0. The number of hydrogen-bond acceptors (Lipinski definition) is 6. The molecule has 1 aromatic rings. The molecule has 3 rings (SSSR count). The third-order valence-electron chi connectivity index (χ3n) is 5.96. The summed E-state index contributed by atoms with van der Waals surface area (Å²) >= 11 is -1.76. The van der Waals surface area contributed by atoms with Crippen molar-refractivity contribution in [1.82, 2.24) is 14.9 Å². The molecule has 188 valence electrons. The van der Waals surface area contributed by atoms with E-state index in [0.717, 1.165) is 4.90 Å². The second-order valence-electron chi connectivity index (χ2n) is 9.65. The predicted molar refractivity (Wildman–Crippen MR) is 122 cm³/mol. The van der Waals surface area contributed by atoms with Gasteiger partial charge < -0.3 is 9.29 Å². The molecule has 1 aromatic carbocycles. The molecule has 2 saturated heterocycles. The smallest absolute Gasteiger partial charge is 0.331 e. The van der Waals surface area contributed by atoms with Gasteiger partial charge in [-0.3, -0.25) is 19.8 Å². The van der Waals surface area contributed by atoms with Crippen LogP contribution in [0.2, 0.25) is 0 Å². The molecule has 34 heavy (non-hydrogen) atoms. The number of barbiturate groups is 1. The molecule has 2 aliphatic heterocycles. The summed E-state index contributed by atoms with van der Waals surface area (Å²) < 4.78 is 50.4. The fourth-order valence-electron chi connectivity index (χ4n) is 4.02. The lowest BCUT2D eigenvalue weighted by Crippen LogP contribution is -2.62. The number of carbonyl (C=O) groups excluding carboxylic acids is 3. The van der Waals surface area contributed by atoms with Gasteiger partial charge in [0, 0.05) is 42.6 Å². The number of urea groups is 1. The fraction of sp³-hybridized carbons (Fsp3) is 0.609.